The third-order valence-corrected chi connectivity index (χ3v) is 2.91. The van der Waals surface area contributed by atoms with E-state index < -0.39 is 23.0 Å². The molecule has 0 fully saturated rings. The number of benzene rings is 1. The van der Waals surface area contributed by atoms with Crippen molar-refractivity contribution in [2.45, 2.75) is 19.9 Å². The molecule has 1 aliphatic heterocycles. The van der Waals surface area contributed by atoms with Gasteiger partial charge in [-0.25, -0.2) is 4.79 Å². The van der Waals surface area contributed by atoms with E-state index in [9.17, 15) is 19.7 Å². The molecular weight excluding hydrogens is 278 g/mol. The molecule has 0 radical (unpaired) electrons. The van der Waals surface area contributed by atoms with Gasteiger partial charge >= 0.3 is 12.0 Å². The third kappa shape index (κ3) is 3.16. The molecule has 2 amide bonds. The van der Waals surface area contributed by atoms with Gasteiger partial charge in [0.1, 0.15) is 11.8 Å². The molecule has 0 saturated carbocycles. The van der Waals surface area contributed by atoms with Gasteiger partial charge in [0, 0.05) is 6.92 Å². The highest BCUT2D eigenvalue weighted by Gasteiger charge is 2.35. The van der Waals surface area contributed by atoms with Crippen molar-refractivity contribution >= 4 is 12.0 Å². The zero-order valence-corrected chi connectivity index (χ0v) is 11.4. The minimum atomic E-state index is -0.861. The van der Waals surface area contributed by atoms with Crippen molar-refractivity contribution in [1.82, 2.24) is 10.6 Å². The highest BCUT2D eigenvalue weighted by molar-refractivity contribution is 5.78. The number of rotatable bonds is 3. The van der Waals surface area contributed by atoms with Crippen LogP contribution in [0.1, 0.15) is 25.5 Å². The van der Waals surface area contributed by atoms with Gasteiger partial charge in [0.05, 0.1) is 10.6 Å². The number of urea groups is 1. The maximum atomic E-state index is 11.5. The van der Waals surface area contributed by atoms with E-state index in [1.807, 2.05) is 0 Å². The van der Waals surface area contributed by atoms with Crippen molar-refractivity contribution in [2.24, 2.45) is 0 Å². The summed E-state index contributed by atoms with van der Waals surface area (Å²) >= 11 is 0. The molecule has 21 heavy (non-hydrogen) atoms. The van der Waals surface area contributed by atoms with E-state index in [1.165, 1.54) is 26.0 Å². The van der Waals surface area contributed by atoms with Crippen LogP contribution in [-0.4, -0.2) is 16.9 Å². The van der Waals surface area contributed by atoms with Gasteiger partial charge in [0.25, 0.3) is 5.70 Å². The fourth-order valence-electron chi connectivity index (χ4n) is 2.06. The number of hydrogen-bond acceptors (Lipinski definition) is 5. The molecule has 0 aromatic heterocycles. The summed E-state index contributed by atoms with van der Waals surface area (Å²) < 4.78 is 4.89. The zero-order chi connectivity index (χ0) is 15.6. The van der Waals surface area contributed by atoms with Gasteiger partial charge in [-0.1, -0.05) is 12.1 Å². The average molecular weight is 291 g/mol. The third-order valence-electron chi connectivity index (χ3n) is 2.91. The van der Waals surface area contributed by atoms with Gasteiger partial charge in [-0.05, 0) is 24.6 Å². The lowest BCUT2D eigenvalue weighted by Gasteiger charge is -2.23. The Morgan fingerprint density at radius 3 is 2.48 bits per heavy atom. The van der Waals surface area contributed by atoms with Crippen LogP contribution in [0.25, 0.3) is 0 Å². The SMILES string of the molecule is CC(=O)Oc1ccc(C2NC(=O)NC(C)=C2[N+](=O)[O-])cc1. The minimum Gasteiger partial charge on any atom is -0.427 e. The molecule has 0 spiro atoms. The fraction of sp³-hybridized carbons (Fsp3) is 0.231. The average Bonchev–Trinajstić information content (AvgIpc) is 2.37. The van der Waals surface area contributed by atoms with E-state index in [4.69, 9.17) is 4.74 Å². The normalized spacial score (nSPS) is 17.8. The number of nitrogens with one attached hydrogen (secondary N) is 2. The molecule has 0 aliphatic carbocycles. The van der Waals surface area contributed by atoms with Gasteiger partial charge in [0.2, 0.25) is 0 Å². The largest absolute Gasteiger partial charge is 0.427 e. The first-order valence-corrected chi connectivity index (χ1v) is 6.09. The van der Waals surface area contributed by atoms with E-state index in [0.29, 0.717) is 11.3 Å². The van der Waals surface area contributed by atoms with Crippen LogP contribution in [0.5, 0.6) is 5.75 Å². The quantitative estimate of drug-likeness (QED) is 0.379. The summed E-state index contributed by atoms with van der Waals surface area (Å²) in [7, 11) is 0. The van der Waals surface area contributed by atoms with Crippen LogP contribution in [-0.2, 0) is 4.79 Å². The Labute approximate surface area is 119 Å². The number of allylic oxidation sites excluding steroid dienone is 1. The van der Waals surface area contributed by atoms with Crippen molar-refractivity contribution in [3.05, 3.63) is 51.3 Å². The number of carbonyl (C=O) groups is 2. The number of nitrogens with zero attached hydrogens (tertiary/aromatic N) is 1. The summed E-state index contributed by atoms with van der Waals surface area (Å²) in [5, 5.41) is 16.0. The molecule has 1 unspecified atom stereocenters. The summed E-state index contributed by atoms with van der Waals surface area (Å²) in [5.74, 6) is -0.130. The molecule has 1 atom stereocenters. The van der Waals surface area contributed by atoms with Gasteiger partial charge < -0.3 is 15.4 Å². The summed E-state index contributed by atoms with van der Waals surface area (Å²) in [4.78, 5) is 33.0. The molecule has 1 aromatic rings. The lowest BCUT2D eigenvalue weighted by Crippen LogP contribution is -2.44. The molecule has 110 valence electrons. The van der Waals surface area contributed by atoms with Gasteiger partial charge in [-0.3, -0.25) is 14.9 Å². The highest BCUT2D eigenvalue weighted by Crippen LogP contribution is 2.28. The molecule has 1 aliphatic rings. The van der Waals surface area contributed by atoms with E-state index in [0.717, 1.165) is 0 Å². The second kappa shape index (κ2) is 5.61. The Morgan fingerprint density at radius 2 is 1.95 bits per heavy atom. The predicted molar refractivity (Wildman–Crippen MR) is 71.9 cm³/mol. The topological polar surface area (TPSA) is 111 Å². The standard InChI is InChI=1S/C13H13N3O5/c1-7-12(16(19)20)11(15-13(18)14-7)9-3-5-10(6-4-9)21-8(2)17/h3-6,11H,1-2H3,(H2,14,15,18). The van der Waals surface area contributed by atoms with Crippen LogP contribution in [0.15, 0.2) is 35.7 Å². The monoisotopic (exact) mass is 291 g/mol. The number of amides is 2. The fourth-order valence-corrected chi connectivity index (χ4v) is 2.06. The number of nitro groups is 1. The smallest absolute Gasteiger partial charge is 0.320 e. The van der Waals surface area contributed by atoms with Crippen LogP contribution >= 0.6 is 0 Å². The van der Waals surface area contributed by atoms with Crippen molar-refractivity contribution in [3.63, 3.8) is 0 Å². The Hall–Kier alpha value is -2.90. The maximum Gasteiger partial charge on any atom is 0.320 e. The number of esters is 1. The Morgan fingerprint density at radius 1 is 1.33 bits per heavy atom. The molecule has 8 nitrogen and oxygen atoms in total. The maximum absolute atomic E-state index is 11.5. The summed E-state index contributed by atoms with van der Waals surface area (Å²) in [6.07, 6.45) is 0. The van der Waals surface area contributed by atoms with E-state index in [-0.39, 0.29) is 11.4 Å². The van der Waals surface area contributed by atoms with Crippen LogP contribution in [0, 0.1) is 10.1 Å². The molecule has 1 aromatic carbocycles. The Balaban J connectivity index is 2.34. The van der Waals surface area contributed by atoms with E-state index in [2.05, 4.69) is 10.6 Å². The molecule has 2 rings (SSSR count). The highest BCUT2D eigenvalue weighted by atomic mass is 16.6. The summed E-state index contributed by atoms with van der Waals surface area (Å²) in [6.45, 7) is 2.75. The molecule has 0 saturated heterocycles. The van der Waals surface area contributed by atoms with Crippen molar-refractivity contribution in [2.75, 3.05) is 0 Å². The van der Waals surface area contributed by atoms with Crippen LogP contribution in [0.2, 0.25) is 0 Å². The molecular formula is C13H13N3O5. The van der Waals surface area contributed by atoms with Crippen molar-refractivity contribution in [1.29, 1.82) is 0 Å². The van der Waals surface area contributed by atoms with Crippen molar-refractivity contribution < 1.29 is 19.2 Å². The van der Waals surface area contributed by atoms with E-state index in [1.54, 1.807) is 12.1 Å². The second-order valence-electron chi connectivity index (χ2n) is 4.46. The van der Waals surface area contributed by atoms with Crippen LogP contribution < -0.4 is 15.4 Å². The number of hydrogen-bond donors (Lipinski definition) is 2. The summed E-state index contributed by atoms with van der Waals surface area (Å²) in [5.41, 5.74) is 0.583. The van der Waals surface area contributed by atoms with Gasteiger partial charge in [-0.2, -0.15) is 0 Å². The van der Waals surface area contributed by atoms with Gasteiger partial charge in [-0.15, -0.1) is 0 Å². The Kier molecular flexibility index (Phi) is 3.88. The Bertz CT molecular complexity index is 636. The molecule has 8 heteroatoms. The lowest BCUT2D eigenvalue weighted by molar-refractivity contribution is -0.432. The zero-order valence-electron chi connectivity index (χ0n) is 11.4. The number of carbonyl (C=O) groups excluding carboxylic acids is 2. The first-order chi connectivity index (χ1) is 9.88. The molecule has 2 N–H and O–H groups in total. The molecule has 1 heterocycles. The second-order valence-corrected chi connectivity index (χ2v) is 4.46. The summed E-state index contributed by atoms with van der Waals surface area (Å²) in [6, 6.07) is 4.78. The lowest BCUT2D eigenvalue weighted by atomic mass is 10.0. The molecule has 0 bridgehead atoms. The number of ether oxygens (including phenoxy) is 1. The first kappa shape index (κ1) is 14.5. The van der Waals surface area contributed by atoms with Crippen molar-refractivity contribution in [3.8, 4) is 5.75 Å². The minimum absolute atomic E-state index is 0.130. The predicted octanol–water partition coefficient (Wildman–Crippen LogP) is 1.47. The van der Waals surface area contributed by atoms with Crippen LogP contribution in [0.4, 0.5) is 4.79 Å². The first-order valence-electron chi connectivity index (χ1n) is 6.09. The van der Waals surface area contributed by atoms with Crippen LogP contribution in [0.3, 0.4) is 0 Å². The van der Waals surface area contributed by atoms with E-state index >= 15 is 0 Å². The van der Waals surface area contributed by atoms with Gasteiger partial charge in [0.15, 0.2) is 0 Å².